The van der Waals surface area contributed by atoms with E-state index in [1.165, 1.54) is 4.31 Å². The lowest BCUT2D eigenvalue weighted by molar-refractivity contribution is 0.126. The first-order chi connectivity index (χ1) is 8.58. The fourth-order valence-electron chi connectivity index (χ4n) is 2.68. The van der Waals surface area contributed by atoms with Crippen LogP contribution in [0.3, 0.4) is 0 Å². The lowest BCUT2D eigenvalue weighted by atomic mass is 9.98. The molecule has 0 aromatic rings. The molecule has 5 nitrogen and oxygen atoms in total. The molecule has 0 aliphatic carbocycles. The molecule has 2 aliphatic rings. The van der Waals surface area contributed by atoms with Crippen LogP contribution < -0.4 is 5.32 Å². The van der Waals surface area contributed by atoms with Gasteiger partial charge in [-0.05, 0) is 44.7 Å². The second kappa shape index (κ2) is 6.32. The van der Waals surface area contributed by atoms with Crippen molar-refractivity contribution < 1.29 is 13.2 Å². The fraction of sp³-hybridized carbons (Fsp3) is 1.00. The van der Waals surface area contributed by atoms with Crippen LogP contribution in [0, 0.1) is 5.92 Å². The van der Waals surface area contributed by atoms with Gasteiger partial charge < -0.3 is 10.1 Å². The maximum Gasteiger partial charge on any atom is 0.216 e. The second-order valence-electron chi connectivity index (χ2n) is 5.39. The van der Waals surface area contributed by atoms with Crippen molar-refractivity contribution in [1.29, 1.82) is 0 Å². The van der Waals surface area contributed by atoms with Gasteiger partial charge >= 0.3 is 0 Å². The van der Waals surface area contributed by atoms with Gasteiger partial charge in [0.15, 0.2) is 0 Å². The number of rotatable bonds is 5. The third kappa shape index (κ3) is 3.91. The standard InChI is InChI=1S/C12H24N2O3S/c1-14(9-11-4-6-13-7-5-11)18(15,16)10-12-3-2-8-17-12/h11-13H,2-10H2,1H3. The molecule has 1 atom stereocenters. The third-order valence-electron chi connectivity index (χ3n) is 3.87. The van der Waals surface area contributed by atoms with E-state index in [4.69, 9.17) is 4.74 Å². The Hall–Kier alpha value is -0.170. The molecule has 106 valence electrons. The Morgan fingerprint density at radius 1 is 1.28 bits per heavy atom. The van der Waals surface area contributed by atoms with E-state index >= 15 is 0 Å². The molecule has 0 spiro atoms. The number of hydrogen-bond acceptors (Lipinski definition) is 4. The van der Waals surface area contributed by atoms with Gasteiger partial charge in [0.25, 0.3) is 0 Å². The van der Waals surface area contributed by atoms with Crippen molar-refractivity contribution in [1.82, 2.24) is 9.62 Å². The Morgan fingerprint density at radius 3 is 2.61 bits per heavy atom. The smallest absolute Gasteiger partial charge is 0.216 e. The van der Waals surface area contributed by atoms with Gasteiger partial charge in [-0.25, -0.2) is 12.7 Å². The summed E-state index contributed by atoms with van der Waals surface area (Å²) in [6.07, 6.45) is 3.91. The number of nitrogens with one attached hydrogen (secondary N) is 1. The first kappa shape index (κ1) is 14.2. The van der Waals surface area contributed by atoms with E-state index < -0.39 is 10.0 Å². The van der Waals surface area contributed by atoms with E-state index in [9.17, 15) is 8.42 Å². The van der Waals surface area contributed by atoms with Gasteiger partial charge in [-0.1, -0.05) is 0 Å². The summed E-state index contributed by atoms with van der Waals surface area (Å²) in [7, 11) is -1.45. The van der Waals surface area contributed by atoms with E-state index in [0.29, 0.717) is 19.1 Å². The molecule has 1 unspecified atom stereocenters. The van der Waals surface area contributed by atoms with Crippen LogP contribution in [0.5, 0.6) is 0 Å². The van der Waals surface area contributed by atoms with E-state index in [0.717, 1.165) is 38.8 Å². The molecule has 0 aromatic carbocycles. The predicted molar refractivity (Wildman–Crippen MR) is 71.0 cm³/mol. The molecule has 1 N–H and O–H groups in total. The topological polar surface area (TPSA) is 58.6 Å². The number of ether oxygens (including phenoxy) is 1. The lowest BCUT2D eigenvalue weighted by Crippen LogP contribution is -2.39. The largest absolute Gasteiger partial charge is 0.377 e. The van der Waals surface area contributed by atoms with Crippen LogP contribution in [0.25, 0.3) is 0 Å². The zero-order valence-electron chi connectivity index (χ0n) is 11.1. The van der Waals surface area contributed by atoms with Crippen LogP contribution in [0.2, 0.25) is 0 Å². The summed E-state index contributed by atoms with van der Waals surface area (Å²) in [5.74, 6) is 0.643. The third-order valence-corrected chi connectivity index (χ3v) is 5.76. The minimum atomic E-state index is -3.16. The molecule has 2 aliphatic heterocycles. The van der Waals surface area contributed by atoms with E-state index in [1.54, 1.807) is 7.05 Å². The Kier molecular flexibility index (Phi) is 5.00. The number of piperidine rings is 1. The molecule has 2 fully saturated rings. The van der Waals surface area contributed by atoms with Crippen molar-refractivity contribution in [3.05, 3.63) is 0 Å². The highest BCUT2D eigenvalue weighted by Crippen LogP contribution is 2.18. The zero-order valence-corrected chi connectivity index (χ0v) is 11.9. The Labute approximate surface area is 110 Å². The maximum absolute atomic E-state index is 12.2. The molecule has 2 heterocycles. The van der Waals surface area contributed by atoms with Gasteiger partial charge in [0.2, 0.25) is 10.0 Å². The van der Waals surface area contributed by atoms with Gasteiger partial charge in [-0.2, -0.15) is 0 Å². The molecule has 0 amide bonds. The monoisotopic (exact) mass is 276 g/mol. The summed E-state index contributed by atoms with van der Waals surface area (Å²) < 4.78 is 31.3. The normalized spacial score (nSPS) is 26.9. The Bertz CT molecular complexity index is 346. The van der Waals surface area contributed by atoms with Crippen LogP contribution in [-0.4, -0.2) is 57.9 Å². The van der Waals surface area contributed by atoms with Crippen LogP contribution in [0.1, 0.15) is 25.7 Å². The highest BCUT2D eigenvalue weighted by molar-refractivity contribution is 7.89. The van der Waals surface area contributed by atoms with Crippen LogP contribution in [-0.2, 0) is 14.8 Å². The van der Waals surface area contributed by atoms with Crippen LogP contribution in [0.15, 0.2) is 0 Å². The molecule has 0 aromatic heterocycles. The molecule has 18 heavy (non-hydrogen) atoms. The van der Waals surface area contributed by atoms with Gasteiger partial charge in [-0.15, -0.1) is 0 Å². The average Bonchev–Trinajstić information content (AvgIpc) is 2.82. The summed E-state index contributed by atoms with van der Waals surface area (Å²) in [5.41, 5.74) is 0. The Balaban J connectivity index is 1.83. The summed E-state index contributed by atoms with van der Waals surface area (Å²) >= 11 is 0. The summed E-state index contributed by atoms with van der Waals surface area (Å²) in [5, 5.41) is 3.30. The van der Waals surface area contributed by atoms with Crippen molar-refractivity contribution in [2.45, 2.75) is 31.8 Å². The molecule has 0 saturated carbocycles. The van der Waals surface area contributed by atoms with Crippen molar-refractivity contribution in [3.8, 4) is 0 Å². The van der Waals surface area contributed by atoms with E-state index in [-0.39, 0.29) is 11.9 Å². The SMILES string of the molecule is CN(CC1CCNCC1)S(=O)(=O)CC1CCCO1. The highest BCUT2D eigenvalue weighted by Gasteiger charge is 2.28. The summed E-state index contributed by atoms with van der Waals surface area (Å²) in [4.78, 5) is 0. The molecule has 6 heteroatoms. The van der Waals surface area contributed by atoms with Crippen molar-refractivity contribution >= 4 is 10.0 Å². The lowest BCUT2D eigenvalue weighted by Gasteiger charge is -2.27. The first-order valence-electron chi connectivity index (χ1n) is 6.84. The van der Waals surface area contributed by atoms with E-state index in [2.05, 4.69) is 5.32 Å². The second-order valence-corrected chi connectivity index (χ2v) is 7.51. The quantitative estimate of drug-likeness (QED) is 0.791. The van der Waals surface area contributed by atoms with Gasteiger partial charge in [0.05, 0.1) is 11.9 Å². The summed E-state index contributed by atoms with van der Waals surface area (Å²) in [6, 6.07) is 0. The Morgan fingerprint density at radius 2 is 2.00 bits per heavy atom. The summed E-state index contributed by atoms with van der Waals surface area (Å²) in [6.45, 7) is 3.36. The minimum absolute atomic E-state index is 0.0922. The molecule has 2 rings (SSSR count). The number of sulfonamides is 1. The van der Waals surface area contributed by atoms with Crippen molar-refractivity contribution in [3.63, 3.8) is 0 Å². The van der Waals surface area contributed by atoms with E-state index in [1.807, 2.05) is 0 Å². The zero-order chi connectivity index (χ0) is 13.0. The highest BCUT2D eigenvalue weighted by atomic mass is 32.2. The molecular weight excluding hydrogens is 252 g/mol. The fourth-order valence-corrected chi connectivity index (χ4v) is 4.10. The average molecular weight is 276 g/mol. The van der Waals surface area contributed by atoms with Gasteiger partial charge in [0.1, 0.15) is 0 Å². The van der Waals surface area contributed by atoms with Crippen molar-refractivity contribution in [2.75, 3.05) is 39.0 Å². The molecular formula is C12H24N2O3S. The predicted octanol–water partition coefficient (Wildman–Crippen LogP) is 0.427. The van der Waals surface area contributed by atoms with Crippen LogP contribution >= 0.6 is 0 Å². The van der Waals surface area contributed by atoms with Gasteiger partial charge in [0, 0.05) is 20.2 Å². The molecule has 0 radical (unpaired) electrons. The minimum Gasteiger partial charge on any atom is -0.377 e. The maximum atomic E-state index is 12.2. The molecule has 2 saturated heterocycles. The van der Waals surface area contributed by atoms with Crippen LogP contribution in [0.4, 0.5) is 0 Å². The number of hydrogen-bond donors (Lipinski definition) is 1. The first-order valence-corrected chi connectivity index (χ1v) is 8.45. The molecule has 0 bridgehead atoms. The number of nitrogens with zero attached hydrogens (tertiary/aromatic N) is 1. The van der Waals surface area contributed by atoms with Gasteiger partial charge in [-0.3, -0.25) is 0 Å². The van der Waals surface area contributed by atoms with Crippen molar-refractivity contribution in [2.24, 2.45) is 5.92 Å².